The highest BCUT2D eigenvalue weighted by Gasteiger charge is 2.04. The van der Waals surface area contributed by atoms with Gasteiger partial charge in [-0.2, -0.15) is 0 Å². The van der Waals surface area contributed by atoms with Gasteiger partial charge in [0, 0.05) is 6.54 Å². The monoisotopic (exact) mass is 313 g/mol. The van der Waals surface area contributed by atoms with Gasteiger partial charge in [0.05, 0.1) is 20.1 Å². The molecular weight excluding hydrogens is 290 g/mol. The van der Waals surface area contributed by atoms with Gasteiger partial charge in [0.15, 0.2) is 0 Å². The first kappa shape index (κ1) is 16.9. The fourth-order valence-electron chi connectivity index (χ4n) is 2.23. The predicted octanol–water partition coefficient (Wildman–Crippen LogP) is 3.13. The Morgan fingerprint density at radius 2 is 1.87 bits per heavy atom. The van der Waals surface area contributed by atoms with Gasteiger partial charge >= 0.3 is 0 Å². The number of carbonyl (C=O) groups is 1. The van der Waals surface area contributed by atoms with Crippen LogP contribution in [0.5, 0.6) is 11.5 Å². The molecule has 0 radical (unpaired) electrons. The summed E-state index contributed by atoms with van der Waals surface area (Å²) in [7, 11) is 1.62. The van der Waals surface area contributed by atoms with Crippen molar-refractivity contribution in [2.45, 2.75) is 19.8 Å². The summed E-state index contributed by atoms with van der Waals surface area (Å²) in [4.78, 5) is 11.9. The summed E-state index contributed by atoms with van der Waals surface area (Å²) in [6.07, 6.45) is 1.13. The Bertz CT molecular complexity index is 640. The Labute approximate surface area is 137 Å². The fraction of sp³-hybridized carbons (Fsp3) is 0.316. The van der Waals surface area contributed by atoms with Crippen LogP contribution in [0.3, 0.4) is 0 Å². The predicted molar refractivity (Wildman–Crippen MR) is 91.0 cm³/mol. The van der Waals surface area contributed by atoms with Crippen molar-refractivity contribution in [2.24, 2.45) is 0 Å². The normalized spacial score (nSPS) is 10.2. The zero-order valence-corrected chi connectivity index (χ0v) is 13.7. The van der Waals surface area contributed by atoms with E-state index in [1.54, 1.807) is 7.11 Å². The van der Waals surface area contributed by atoms with Crippen molar-refractivity contribution < 1.29 is 14.3 Å². The van der Waals surface area contributed by atoms with Gasteiger partial charge in [-0.25, -0.2) is 0 Å². The van der Waals surface area contributed by atoms with Gasteiger partial charge in [0.1, 0.15) is 11.5 Å². The van der Waals surface area contributed by atoms with E-state index < -0.39 is 0 Å². The lowest BCUT2D eigenvalue weighted by Crippen LogP contribution is -2.27. The molecule has 0 heterocycles. The van der Waals surface area contributed by atoms with Gasteiger partial charge in [-0.05, 0) is 48.7 Å². The number of rotatable bonds is 8. The molecule has 0 aliphatic carbocycles. The molecule has 0 aliphatic rings. The van der Waals surface area contributed by atoms with Gasteiger partial charge in [0.25, 0.3) is 0 Å². The Morgan fingerprint density at radius 3 is 2.65 bits per heavy atom. The highest BCUT2D eigenvalue weighted by atomic mass is 16.5. The summed E-state index contributed by atoms with van der Waals surface area (Å²) < 4.78 is 10.8. The van der Waals surface area contributed by atoms with Crippen LogP contribution in [0.4, 0.5) is 0 Å². The van der Waals surface area contributed by atoms with Gasteiger partial charge < -0.3 is 14.8 Å². The maximum absolute atomic E-state index is 11.9. The molecule has 0 aromatic heterocycles. The van der Waals surface area contributed by atoms with Crippen LogP contribution in [-0.2, 0) is 11.2 Å². The molecule has 0 spiro atoms. The maximum Gasteiger partial charge on any atom is 0.224 e. The standard InChI is InChI=1S/C19H23NO3/c1-15-6-3-9-18(12-15)23-11-5-10-20-19(21)14-16-7-4-8-17(13-16)22-2/h3-4,6-9,12-13H,5,10-11,14H2,1-2H3,(H,20,21). The number of aryl methyl sites for hydroxylation is 1. The topological polar surface area (TPSA) is 47.6 Å². The van der Waals surface area contributed by atoms with Crippen LogP contribution in [0.2, 0.25) is 0 Å². The molecule has 2 aromatic rings. The third-order valence-electron chi connectivity index (χ3n) is 3.40. The first-order valence-electron chi connectivity index (χ1n) is 7.76. The van der Waals surface area contributed by atoms with Crippen LogP contribution in [0.1, 0.15) is 17.5 Å². The quantitative estimate of drug-likeness (QED) is 0.762. The van der Waals surface area contributed by atoms with E-state index in [1.165, 1.54) is 5.56 Å². The molecule has 2 aromatic carbocycles. The SMILES string of the molecule is COc1cccc(CC(=O)NCCCOc2cccc(C)c2)c1. The number of hydrogen-bond donors (Lipinski definition) is 1. The van der Waals surface area contributed by atoms with E-state index in [9.17, 15) is 4.79 Å². The van der Waals surface area contributed by atoms with E-state index >= 15 is 0 Å². The van der Waals surface area contributed by atoms with Crippen molar-refractivity contribution in [1.82, 2.24) is 5.32 Å². The number of hydrogen-bond acceptors (Lipinski definition) is 3. The minimum Gasteiger partial charge on any atom is -0.497 e. The highest BCUT2D eigenvalue weighted by Crippen LogP contribution is 2.13. The second-order valence-electron chi connectivity index (χ2n) is 5.40. The Morgan fingerprint density at radius 1 is 1.09 bits per heavy atom. The zero-order valence-electron chi connectivity index (χ0n) is 13.7. The van der Waals surface area contributed by atoms with Crippen molar-refractivity contribution in [3.8, 4) is 11.5 Å². The lowest BCUT2D eigenvalue weighted by atomic mass is 10.1. The lowest BCUT2D eigenvalue weighted by molar-refractivity contribution is -0.120. The van der Waals surface area contributed by atoms with E-state index in [-0.39, 0.29) is 5.91 Å². The van der Waals surface area contributed by atoms with E-state index in [0.717, 1.165) is 23.5 Å². The average Bonchev–Trinajstić information content (AvgIpc) is 2.55. The van der Waals surface area contributed by atoms with Gasteiger partial charge in [-0.3, -0.25) is 4.79 Å². The first-order valence-corrected chi connectivity index (χ1v) is 7.76. The summed E-state index contributed by atoms with van der Waals surface area (Å²) in [6.45, 7) is 3.23. The number of methoxy groups -OCH3 is 1. The second-order valence-corrected chi connectivity index (χ2v) is 5.40. The molecule has 0 aliphatic heterocycles. The number of carbonyl (C=O) groups excluding carboxylic acids is 1. The third kappa shape index (κ3) is 6.02. The van der Waals surface area contributed by atoms with Gasteiger partial charge in [-0.1, -0.05) is 24.3 Å². The molecule has 122 valence electrons. The summed E-state index contributed by atoms with van der Waals surface area (Å²) in [5.74, 6) is 1.64. The number of benzene rings is 2. The summed E-state index contributed by atoms with van der Waals surface area (Å²) in [6, 6.07) is 15.5. The molecule has 2 rings (SSSR count). The first-order chi connectivity index (χ1) is 11.2. The highest BCUT2D eigenvalue weighted by molar-refractivity contribution is 5.78. The van der Waals surface area contributed by atoms with E-state index in [1.807, 2.05) is 55.5 Å². The smallest absolute Gasteiger partial charge is 0.224 e. The van der Waals surface area contributed by atoms with Crippen molar-refractivity contribution >= 4 is 5.91 Å². The molecule has 0 fully saturated rings. The summed E-state index contributed by atoms with van der Waals surface area (Å²) in [5.41, 5.74) is 2.12. The minimum absolute atomic E-state index is 0.00816. The third-order valence-corrected chi connectivity index (χ3v) is 3.40. The fourth-order valence-corrected chi connectivity index (χ4v) is 2.23. The zero-order chi connectivity index (χ0) is 16.5. The number of nitrogens with one attached hydrogen (secondary N) is 1. The largest absolute Gasteiger partial charge is 0.497 e. The lowest BCUT2D eigenvalue weighted by Gasteiger charge is -2.08. The van der Waals surface area contributed by atoms with Crippen LogP contribution in [0, 0.1) is 6.92 Å². The molecular formula is C19H23NO3. The Hall–Kier alpha value is -2.49. The van der Waals surface area contributed by atoms with Crippen LogP contribution in [0.25, 0.3) is 0 Å². The molecule has 0 bridgehead atoms. The van der Waals surface area contributed by atoms with E-state index in [2.05, 4.69) is 5.32 Å². The van der Waals surface area contributed by atoms with Crippen LogP contribution >= 0.6 is 0 Å². The molecule has 4 nitrogen and oxygen atoms in total. The van der Waals surface area contributed by atoms with Gasteiger partial charge in [-0.15, -0.1) is 0 Å². The van der Waals surface area contributed by atoms with Crippen molar-refractivity contribution in [1.29, 1.82) is 0 Å². The van der Waals surface area contributed by atoms with Crippen LogP contribution in [0.15, 0.2) is 48.5 Å². The van der Waals surface area contributed by atoms with Crippen molar-refractivity contribution in [3.63, 3.8) is 0 Å². The molecule has 0 unspecified atom stereocenters. The van der Waals surface area contributed by atoms with Crippen molar-refractivity contribution in [3.05, 3.63) is 59.7 Å². The maximum atomic E-state index is 11.9. The number of amides is 1. The second kappa shape index (κ2) is 8.83. The van der Waals surface area contributed by atoms with E-state index in [0.29, 0.717) is 19.6 Å². The molecule has 1 N–H and O–H groups in total. The molecule has 23 heavy (non-hydrogen) atoms. The summed E-state index contributed by atoms with van der Waals surface area (Å²) in [5, 5.41) is 2.91. The molecule has 0 saturated heterocycles. The molecule has 0 saturated carbocycles. The summed E-state index contributed by atoms with van der Waals surface area (Å²) >= 11 is 0. The van der Waals surface area contributed by atoms with Crippen LogP contribution < -0.4 is 14.8 Å². The molecule has 0 atom stereocenters. The Kier molecular flexibility index (Phi) is 6.48. The minimum atomic E-state index is 0.00816. The van der Waals surface area contributed by atoms with Crippen LogP contribution in [-0.4, -0.2) is 26.2 Å². The molecule has 4 heteroatoms. The number of ether oxygens (including phenoxy) is 2. The van der Waals surface area contributed by atoms with E-state index in [4.69, 9.17) is 9.47 Å². The average molecular weight is 313 g/mol. The van der Waals surface area contributed by atoms with Gasteiger partial charge in [0.2, 0.25) is 5.91 Å². The van der Waals surface area contributed by atoms with Crippen molar-refractivity contribution in [2.75, 3.05) is 20.3 Å². The Balaban J connectivity index is 1.64. The molecule has 1 amide bonds.